The molecule has 1 aliphatic rings. The highest BCUT2D eigenvalue weighted by atomic mass is 32.2. The molecule has 2 aromatic heterocycles. The van der Waals surface area contributed by atoms with Gasteiger partial charge in [0.1, 0.15) is 0 Å². The Kier molecular flexibility index (Phi) is 4.51. The first kappa shape index (κ1) is 13.8. The van der Waals surface area contributed by atoms with E-state index in [4.69, 9.17) is 0 Å². The minimum absolute atomic E-state index is 0.492. The topological polar surface area (TPSA) is 68.5 Å². The molecule has 2 heterocycles. The molecule has 0 amide bonds. The zero-order chi connectivity index (χ0) is 13.8. The van der Waals surface area contributed by atoms with Gasteiger partial charge in [-0.2, -0.15) is 0 Å². The maximum atomic E-state index is 4.34. The van der Waals surface area contributed by atoms with Gasteiger partial charge in [0.05, 0.1) is 6.04 Å². The predicted octanol–water partition coefficient (Wildman–Crippen LogP) is 2.97. The van der Waals surface area contributed by atoms with Crippen LogP contribution in [0.1, 0.15) is 43.5 Å². The van der Waals surface area contributed by atoms with Gasteiger partial charge in [0.2, 0.25) is 5.16 Å². The summed E-state index contributed by atoms with van der Waals surface area (Å²) in [5.41, 5.74) is 0. The number of rotatable bonds is 6. The average molecular weight is 310 g/mol. The molecule has 1 aliphatic carbocycles. The highest BCUT2D eigenvalue weighted by Gasteiger charge is 2.21. The van der Waals surface area contributed by atoms with E-state index < -0.39 is 0 Å². The fourth-order valence-electron chi connectivity index (χ4n) is 2.40. The van der Waals surface area contributed by atoms with Crippen LogP contribution in [0.5, 0.6) is 0 Å². The molecular formula is C12H18N6S2. The van der Waals surface area contributed by atoms with Gasteiger partial charge in [-0.05, 0) is 30.2 Å². The molecule has 0 aliphatic heterocycles. The van der Waals surface area contributed by atoms with Crippen LogP contribution in [0.3, 0.4) is 0 Å². The lowest BCUT2D eigenvalue weighted by molar-refractivity contribution is 0.423. The van der Waals surface area contributed by atoms with Crippen LogP contribution in [-0.4, -0.2) is 31.7 Å². The number of aromatic nitrogens is 5. The molecule has 3 rings (SSSR count). The van der Waals surface area contributed by atoms with Crippen LogP contribution in [0, 0.1) is 0 Å². The van der Waals surface area contributed by atoms with E-state index in [-0.39, 0.29) is 0 Å². The van der Waals surface area contributed by atoms with Crippen LogP contribution in [0.25, 0.3) is 0 Å². The molecule has 0 saturated heterocycles. The normalized spacial score (nSPS) is 15.8. The van der Waals surface area contributed by atoms with E-state index in [1.165, 1.54) is 30.6 Å². The van der Waals surface area contributed by atoms with Gasteiger partial charge in [0.15, 0.2) is 5.13 Å². The first-order chi connectivity index (χ1) is 9.86. The number of nitrogens with one attached hydrogen (secondary N) is 1. The third-order valence-electron chi connectivity index (χ3n) is 3.36. The van der Waals surface area contributed by atoms with Crippen molar-refractivity contribution in [3.05, 3.63) is 11.1 Å². The summed E-state index contributed by atoms with van der Waals surface area (Å²) >= 11 is 3.39. The van der Waals surface area contributed by atoms with Crippen molar-refractivity contribution >= 4 is 28.2 Å². The Bertz CT molecular complexity index is 546. The van der Waals surface area contributed by atoms with Gasteiger partial charge in [-0.15, -0.1) is 16.4 Å². The van der Waals surface area contributed by atoms with Crippen molar-refractivity contribution in [1.82, 2.24) is 25.2 Å². The van der Waals surface area contributed by atoms with Gasteiger partial charge < -0.3 is 5.32 Å². The number of anilines is 1. The Labute approximate surface area is 126 Å². The van der Waals surface area contributed by atoms with Gasteiger partial charge in [0.25, 0.3) is 0 Å². The van der Waals surface area contributed by atoms with Crippen molar-refractivity contribution in [1.29, 1.82) is 0 Å². The molecule has 1 saturated carbocycles. The number of hydrogen-bond acceptors (Lipinski definition) is 7. The number of tetrazole rings is 1. The smallest absolute Gasteiger partial charge is 0.209 e. The summed E-state index contributed by atoms with van der Waals surface area (Å²) in [6, 6.07) is 0.492. The van der Waals surface area contributed by atoms with E-state index in [0.29, 0.717) is 6.04 Å². The van der Waals surface area contributed by atoms with Crippen molar-refractivity contribution in [3.8, 4) is 0 Å². The molecular weight excluding hydrogens is 292 g/mol. The van der Waals surface area contributed by atoms with E-state index in [0.717, 1.165) is 22.6 Å². The summed E-state index contributed by atoms with van der Waals surface area (Å²) in [6.07, 6.45) is 6.90. The summed E-state index contributed by atoms with van der Waals surface area (Å²) < 4.78 is 2.00. The van der Waals surface area contributed by atoms with Crippen molar-refractivity contribution in [2.24, 2.45) is 0 Å². The lowest BCUT2D eigenvalue weighted by Gasteiger charge is -2.10. The lowest BCUT2D eigenvalue weighted by Crippen LogP contribution is -2.08. The summed E-state index contributed by atoms with van der Waals surface area (Å²) in [7, 11) is 0. The van der Waals surface area contributed by atoms with Crippen molar-refractivity contribution in [2.45, 2.75) is 49.6 Å². The third-order valence-corrected chi connectivity index (χ3v) is 5.48. The Morgan fingerprint density at radius 2 is 2.30 bits per heavy atom. The minimum atomic E-state index is 0.492. The summed E-state index contributed by atoms with van der Waals surface area (Å²) in [4.78, 5) is 5.58. The van der Waals surface area contributed by atoms with Crippen molar-refractivity contribution < 1.29 is 0 Å². The number of hydrogen-bond donors (Lipinski definition) is 1. The van der Waals surface area contributed by atoms with Crippen molar-refractivity contribution in [2.75, 3.05) is 11.9 Å². The highest BCUT2D eigenvalue weighted by Crippen LogP contribution is 2.33. The standard InChI is InChI=1S/C12H18N6S2/c1-2-13-11-14-7-10(20-11)8-19-12-15-16-17-18(12)9-5-3-4-6-9/h7,9H,2-6,8H2,1H3,(H,13,14). The van der Waals surface area contributed by atoms with Crippen molar-refractivity contribution in [3.63, 3.8) is 0 Å². The Balaban J connectivity index is 1.61. The molecule has 8 heteroatoms. The Morgan fingerprint density at radius 3 is 3.10 bits per heavy atom. The maximum Gasteiger partial charge on any atom is 0.209 e. The fourth-order valence-corrected chi connectivity index (χ4v) is 4.25. The molecule has 0 spiro atoms. The van der Waals surface area contributed by atoms with Crippen LogP contribution in [0.4, 0.5) is 5.13 Å². The van der Waals surface area contributed by atoms with Crippen LogP contribution >= 0.6 is 23.1 Å². The summed E-state index contributed by atoms with van der Waals surface area (Å²) in [6.45, 7) is 2.98. The predicted molar refractivity (Wildman–Crippen MR) is 81.2 cm³/mol. The second-order valence-corrected chi connectivity index (χ2v) is 6.85. The van der Waals surface area contributed by atoms with Crippen LogP contribution < -0.4 is 5.32 Å². The molecule has 1 fully saturated rings. The van der Waals surface area contributed by atoms with Gasteiger partial charge >= 0.3 is 0 Å². The molecule has 0 unspecified atom stereocenters. The quantitative estimate of drug-likeness (QED) is 0.827. The van der Waals surface area contributed by atoms with Crippen LogP contribution in [-0.2, 0) is 5.75 Å². The lowest BCUT2D eigenvalue weighted by atomic mass is 10.3. The first-order valence-corrected chi connectivity index (χ1v) is 8.76. The van der Waals surface area contributed by atoms with Crippen LogP contribution in [0.2, 0.25) is 0 Å². The number of nitrogens with zero attached hydrogens (tertiary/aromatic N) is 5. The largest absolute Gasteiger partial charge is 0.362 e. The fraction of sp³-hybridized carbons (Fsp3) is 0.667. The molecule has 0 atom stereocenters. The van der Waals surface area contributed by atoms with Gasteiger partial charge in [-0.1, -0.05) is 24.6 Å². The number of thiazole rings is 1. The maximum absolute atomic E-state index is 4.34. The van der Waals surface area contributed by atoms with E-state index in [1.54, 1.807) is 23.1 Å². The third kappa shape index (κ3) is 3.12. The Morgan fingerprint density at radius 1 is 1.45 bits per heavy atom. The minimum Gasteiger partial charge on any atom is -0.362 e. The second-order valence-electron chi connectivity index (χ2n) is 4.80. The van der Waals surface area contributed by atoms with Gasteiger partial charge in [-0.3, -0.25) is 0 Å². The molecule has 2 aromatic rings. The zero-order valence-corrected chi connectivity index (χ0v) is 13.1. The van der Waals surface area contributed by atoms with E-state index in [2.05, 4.69) is 32.7 Å². The monoisotopic (exact) mass is 310 g/mol. The molecule has 0 bridgehead atoms. The molecule has 1 N–H and O–H groups in total. The molecule has 6 nitrogen and oxygen atoms in total. The van der Waals surface area contributed by atoms with Gasteiger partial charge in [0, 0.05) is 23.4 Å². The molecule has 20 heavy (non-hydrogen) atoms. The van der Waals surface area contributed by atoms with E-state index in [9.17, 15) is 0 Å². The summed E-state index contributed by atoms with van der Waals surface area (Å²) in [5, 5.41) is 17.3. The molecule has 108 valence electrons. The average Bonchev–Trinajstić information content (AvgIpc) is 3.18. The number of thioether (sulfide) groups is 1. The van der Waals surface area contributed by atoms with E-state index in [1.807, 2.05) is 10.9 Å². The SMILES string of the molecule is CCNc1ncc(CSc2nnnn2C2CCCC2)s1. The zero-order valence-electron chi connectivity index (χ0n) is 11.4. The second kappa shape index (κ2) is 6.53. The molecule has 0 aromatic carbocycles. The van der Waals surface area contributed by atoms with Crippen LogP contribution in [0.15, 0.2) is 11.4 Å². The first-order valence-electron chi connectivity index (χ1n) is 6.96. The molecule has 0 radical (unpaired) electrons. The van der Waals surface area contributed by atoms with Gasteiger partial charge in [-0.25, -0.2) is 9.67 Å². The van der Waals surface area contributed by atoms with E-state index >= 15 is 0 Å². The Hall–Kier alpha value is -1.15. The summed E-state index contributed by atoms with van der Waals surface area (Å²) in [5.74, 6) is 0.871. The highest BCUT2D eigenvalue weighted by molar-refractivity contribution is 7.98.